The number of nitrogens with one attached hydrogen (secondary N) is 1. The molecule has 1 aromatic carbocycles. The van der Waals surface area contributed by atoms with Gasteiger partial charge in [-0.3, -0.25) is 4.79 Å². The zero-order valence-corrected chi connectivity index (χ0v) is 9.78. The van der Waals surface area contributed by atoms with Crippen molar-refractivity contribution in [3.05, 3.63) is 48.0 Å². The normalized spacial score (nSPS) is 10.6. The molecule has 0 atom stereocenters. The van der Waals surface area contributed by atoms with E-state index in [0.717, 1.165) is 18.4 Å². The van der Waals surface area contributed by atoms with E-state index in [1.54, 1.807) is 0 Å². The molecule has 0 radical (unpaired) electrons. The fourth-order valence-electron chi connectivity index (χ4n) is 1.34. The number of carbonyl (C=O) groups excluding carboxylic acids is 1. The zero-order valence-electron chi connectivity index (χ0n) is 9.78. The van der Waals surface area contributed by atoms with Gasteiger partial charge < -0.3 is 5.32 Å². The average molecular weight is 217 g/mol. The summed E-state index contributed by atoms with van der Waals surface area (Å²) in [5.74, 6) is 0.0798. The van der Waals surface area contributed by atoms with Gasteiger partial charge in [0.05, 0.1) is 0 Å². The Hall–Kier alpha value is -1.57. The van der Waals surface area contributed by atoms with Crippen LogP contribution in [0.15, 0.2) is 42.5 Å². The van der Waals surface area contributed by atoms with Gasteiger partial charge in [-0.1, -0.05) is 55.8 Å². The van der Waals surface area contributed by atoms with Crippen LogP contribution in [0.4, 0.5) is 0 Å². The molecule has 0 aromatic heterocycles. The SMILES string of the molecule is CCC/C=C/CC(=O)NCc1ccccc1. The lowest BCUT2D eigenvalue weighted by molar-refractivity contribution is -0.120. The fourth-order valence-corrected chi connectivity index (χ4v) is 1.34. The molecule has 1 aromatic rings. The second kappa shape index (κ2) is 7.69. The van der Waals surface area contributed by atoms with E-state index in [0.29, 0.717) is 13.0 Å². The largest absolute Gasteiger partial charge is 0.352 e. The molecule has 0 saturated heterocycles. The molecule has 2 heteroatoms. The van der Waals surface area contributed by atoms with Crippen LogP contribution >= 0.6 is 0 Å². The molecule has 1 amide bonds. The molecule has 0 spiro atoms. The van der Waals surface area contributed by atoms with E-state index in [1.165, 1.54) is 0 Å². The standard InChI is InChI=1S/C14H19NO/c1-2-3-4-8-11-14(16)15-12-13-9-6-5-7-10-13/h4-10H,2-3,11-12H2,1H3,(H,15,16)/b8-4+. The van der Waals surface area contributed by atoms with Crippen LogP contribution in [-0.2, 0) is 11.3 Å². The Morgan fingerprint density at radius 1 is 1.25 bits per heavy atom. The van der Waals surface area contributed by atoms with Crippen LogP contribution in [0.3, 0.4) is 0 Å². The number of hydrogen-bond donors (Lipinski definition) is 1. The first-order chi connectivity index (χ1) is 7.83. The predicted octanol–water partition coefficient (Wildman–Crippen LogP) is 3.05. The van der Waals surface area contributed by atoms with Crippen LogP contribution in [0.1, 0.15) is 31.7 Å². The summed E-state index contributed by atoms with van der Waals surface area (Å²) in [5, 5.41) is 2.89. The molecule has 0 aliphatic rings. The highest BCUT2D eigenvalue weighted by atomic mass is 16.1. The minimum absolute atomic E-state index is 0.0798. The fraction of sp³-hybridized carbons (Fsp3) is 0.357. The molecule has 0 saturated carbocycles. The Kier molecular flexibility index (Phi) is 6.00. The van der Waals surface area contributed by atoms with Gasteiger partial charge in [0.2, 0.25) is 5.91 Å². The van der Waals surface area contributed by atoms with Crippen LogP contribution in [0.2, 0.25) is 0 Å². The van der Waals surface area contributed by atoms with Crippen molar-refractivity contribution < 1.29 is 4.79 Å². The Morgan fingerprint density at radius 2 is 2.00 bits per heavy atom. The van der Waals surface area contributed by atoms with E-state index in [4.69, 9.17) is 0 Å². The molecular formula is C14H19NO. The Morgan fingerprint density at radius 3 is 2.69 bits per heavy atom. The summed E-state index contributed by atoms with van der Waals surface area (Å²) in [4.78, 5) is 11.4. The maximum absolute atomic E-state index is 11.4. The molecule has 0 bridgehead atoms. The molecule has 0 fully saturated rings. The van der Waals surface area contributed by atoms with Crippen molar-refractivity contribution in [1.82, 2.24) is 5.32 Å². The smallest absolute Gasteiger partial charge is 0.224 e. The van der Waals surface area contributed by atoms with Gasteiger partial charge in [-0.15, -0.1) is 0 Å². The number of unbranched alkanes of at least 4 members (excludes halogenated alkanes) is 1. The minimum Gasteiger partial charge on any atom is -0.352 e. The van der Waals surface area contributed by atoms with E-state index in [2.05, 4.69) is 18.3 Å². The molecule has 0 aliphatic heterocycles. The molecule has 1 rings (SSSR count). The third-order valence-electron chi connectivity index (χ3n) is 2.26. The summed E-state index contributed by atoms with van der Waals surface area (Å²) in [5.41, 5.74) is 1.13. The van der Waals surface area contributed by atoms with E-state index < -0.39 is 0 Å². The third kappa shape index (κ3) is 5.35. The molecule has 2 nitrogen and oxygen atoms in total. The Bertz CT molecular complexity index is 330. The van der Waals surface area contributed by atoms with Crippen molar-refractivity contribution in [3.63, 3.8) is 0 Å². The first-order valence-corrected chi connectivity index (χ1v) is 5.78. The van der Waals surface area contributed by atoms with E-state index in [9.17, 15) is 4.79 Å². The monoisotopic (exact) mass is 217 g/mol. The quantitative estimate of drug-likeness (QED) is 0.729. The predicted molar refractivity (Wildman–Crippen MR) is 67.0 cm³/mol. The highest BCUT2D eigenvalue weighted by Crippen LogP contribution is 1.98. The van der Waals surface area contributed by atoms with Gasteiger partial charge in [0, 0.05) is 13.0 Å². The molecule has 0 aliphatic carbocycles. The van der Waals surface area contributed by atoms with Gasteiger partial charge in [-0.2, -0.15) is 0 Å². The number of hydrogen-bond acceptors (Lipinski definition) is 1. The van der Waals surface area contributed by atoms with Crippen LogP contribution < -0.4 is 5.32 Å². The lowest BCUT2D eigenvalue weighted by Crippen LogP contribution is -2.21. The third-order valence-corrected chi connectivity index (χ3v) is 2.26. The van der Waals surface area contributed by atoms with Crippen LogP contribution in [0.5, 0.6) is 0 Å². The first-order valence-electron chi connectivity index (χ1n) is 5.78. The molecular weight excluding hydrogens is 198 g/mol. The van der Waals surface area contributed by atoms with Gasteiger partial charge in [-0.25, -0.2) is 0 Å². The maximum Gasteiger partial charge on any atom is 0.224 e. The average Bonchev–Trinajstić information content (AvgIpc) is 2.33. The number of carbonyl (C=O) groups is 1. The minimum atomic E-state index is 0.0798. The molecule has 16 heavy (non-hydrogen) atoms. The van der Waals surface area contributed by atoms with Crippen molar-refractivity contribution in [1.29, 1.82) is 0 Å². The molecule has 86 valence electrons. The number of allylic oxidation sites excluding steroid dienone is 1. The highest BCUT2D eigenvalue weighted by Gasteiger charge is 1.97. The van der Waals surface area contributed by atoms with Crippen molar-refractivity contribution in [2.24, 2.45) is 0 Å². The van der Waals surface area contributed by atoms with E-state index in [1.807, 2.05) is 36.4 Å². The van der Waals surface area contributed by atoms with Crippen molar-refractivity contribution in [3.8, 4) is 0 Å². The van der Waals surface area contributed by atoms with E-state index >= 15 is 0 Å². The number of amides is 1. The zero-order chi connectivity index (χ0) is 11.6. The van der Waals surface area contributed by atoms with Gasteiger partial charge in [-0.05, 0) is 12.0 Å². The molecule has 1 N–H and O–H groups in total. The second-order valence-corrected chi connectivity index (χ2v) is 3.73. The van der Waals surface area contributed by atoms with E-state index in [-0.39, 0.29) is 5.91 Å². The van der Waals surface area contributed by atoms with Gasteiger partial charge in [0.15, 0.2) is 0 Å². The van der Waals surface area contributed by atoms with Crippen LogP contribution in [-0.4, -0.2) is 5.91 Å². The van der Waals surface area contributed by atoms with Crippen molar-refractivity contribution in [2.45, 2.75) is 32.7 Å². The van der Waals surface area contributed by atoms with Gasteiger partial charge in [0.1, 0.15) is 0 Å². The summed E-state index contributed by atoms with van der Waals surface area (Å²) in [6.07, 6.45) is 6.65. The summed E-state index contributed by atoms with van der Waals surface area (Å²) >= 11 is 0. The molecule has 0 heterocycles. The summed E-state index contributed by atoms with van der Waals surface area (Å²) < 4.78 is 0. The number of rotatable bonds is 6. The Labute approximate surface area is 97.4 Å². The lowest BCUT2D eigenvalue weighted by Gasteiger charge is -2.02. The number of benzene rings is 1. The first kappa shape index (κ1) is 12.5. The van der Waals surface area contributed by atoms with Crippen molar-refractivity contribution >= 4 is 5.91 Å². The van der Waals surface area contributed by atoms with Crippen LogP contribution in [0, 0.1) is 0 Å². The summed E-state index contributed by atoms with van der Waals surface area (Å²) in [7, 11) is 0. The second-order valence-electron chi connectivity index (χ2n) is 3.73. The maximum atomic E-state index is 11.4. The summed E-state index contributed by atoms with van der Waals surface area (Å²) in [6, 6.07) is 9.94. The highest BCUT2D eigenvalue weighted by molar-refractivity contribution is 5.77. The van der Waals surface area contributed by atoms with Gasteiger partial charge in [0.25, 0.3) is 0 Å². The Balaban J connectivity index is 2.20. The topological polar surface area (TPSA) is 29.1 Å². The van der Waals surface area contributed by atoms with Gasteiger partial charge >= 0.3 is 0 Å². The van der Waals surface area contributed by atoms with Crippen molar-refractivity contribution in [2.75, 3.05) is 0 Å². The lowest BCUT2D eigenvalue weighted by atomic mass is 10.2. The summed E-state index contributed by atoms with van der Waals surface area (Å²) in [6.45, 7) is 2.74. The van der Waals surface area contributed by atoms with Crippen LogP contribution in [0.25, 0.3) is 0 Å². The molecule has 0 unspecified atom stereocenters.